The molecule has 5 heteroatoms. The maximum absolute atomic E-state index is 5.23. The Kier molecular flexibility index (Phi) is 5.28. The van der Waals surface area contributed by atoms with E-state index in [1.807, 2.05) is 17.7 Å². The SMILES string of the molecule is COCC(C)Nc1nccn1CC(C)OC. The van der Waals surface area contributed by atoms with Crippen LogP contribution in [0.4, 0.5) is 5.95 Å². The molecule has 0 aliphatic rings. The van der Waals surface area contributed by atoms with Crippen LogP contribution >= 0.6 is 0 Å². The predicted octanol–water partition coefficient (Wildman–Crippen LogP) is 1.36. The lowest BCUT2D eigenvalue weighted by Gasteiger charge is -2.17. The summed E-state index contributed by atoms with van der Waals surface area (Å²) in [4.78, 5) is 4.27. The van der Waals surface area contributed by atoms with Gasteiger partial charge in [0.15, 0.2) is 0 Å². The molecule has 0 aliphatic heterocycles. The van der Waals surface area contributed by atoms with Crippen molar-refractivity contribution in [2.45, 2.75) is 32.5 Å². The summed E-state index contributed by atoms with van der Waals surface area (Å²) in [6, 6.07) is 0.240. The summed E-state index contributed by atoms with van der Waals surface area (Å²) in [5, 5.41) is 3.29. The van der Waals surface area contributed by atoms with Crippen molar-refractivity contribution in [3.63, 3.8) is 0 Å². The minimum Gasteiger partial charge on any atom is -0.383 e. The summed E-state index contributed by atoms with van der Waals surface area (Å²) in [7, 11) is 3.40. The number of rotatable bonds is 7. The van der Waals surface area contributed by atoms with E-state index < -0.39 is 0 Å². The third-order valence-electron chi connectivity index (χ3n) is 2.36. The van der Waals surface area contributed by atoms with Crippen LogP contribution in [0.2, 0.25) is 0 Å². The number of imidazole rings is 1. The molecule has 0 aliphatic carbocycles. The van der Waals surface area contributed by atoms with Gasteiger partial charge >= 0.3 is 0 Å². The second-order valence-corrected chi connectivity index (χ2v) is 3.95. The fourth-order valence-electron chi connectivity index (χ4n) is 1.46. The van der Waals surface area contributed by atoms with Gasteiger partial charge in [0.2, 0.25) is 5.95 Å². The molecule has 2 unspecified atom stereocenters. The highest BCUT2D eigenvalue weighted by atomic mass is 16.5. The van der Waals surface area contributed by atoms with E-state index in [0.717, 1.165) is 12.5 Å². The zero-order valence-corrected chi connectivity index (χ0v) is 10.4. The molecule has 1 aromatic heterocycles. The second kappa shape index (κ2) is 6.50. The van der Waals surface area contributed by atoms with E-state index in [2.05, 4.69) is 17.2 Å². The Morgan fingerprint density at radius 3 is 2.81 bits per heavy atom. The summed E-state index contributed by atoms with van der Waals surface area (Å²) >= 11 is 0. The van der Waals surface area contributed by atoms with Gasteiger partial charge in [-0.25, -0.2) is 4.98 Å². The third-order valence-corrected chi connectivity index (χ3v) is 2.36. The lowest BCUT2D eigenvalue weighted by molar-refractivity contribution is 0.103. The van der Waals surface area contributed by atoms with Crippen molar-refractivity contribution >= 4 is 5.95 Å². The van der Waals surface area contributed by atoms with E-state index >= 15 is 0 Å². The molecule has 1 aromatic rings. The van der Waals surface area contributed by atoms with Gasteiger partial charge in [0.05, 0.1) is 19.3 Å². The normalized spacial score (nSPS) is 14.8. The zero-order chi connectivity index (χ0) is 12.0. The zero-order valence-electron chi connectivity index (χ0n) is 10.4. The van der Waals surface area contributed by atoms with Crippen molar-refractivity contribution in [2.24, 2.45) is 0 Å². The highest BCUT2D eigenvalue weighted by Crippen LogP contribution is 2.08. The van der Waals surface area contributed by atoms with Crippen LogP contribution in [0.5, 0.6) is 0 Å². The van der Waals surface area contributed by atoms with Crippen molar-refractivity contribution in [3.8, 4) is 0 Å². The average Bonchev–Trinajstić information content (AvgIpc) is 2.66. The lowest BCUT2D eigenvalue weighted by Crippen LogP contribution is -2.24. The predicted molar refractivity (Wildman–Crippen MR) is 63.7 cm³/mol. The van der Waals surface area contributed by atoms with Crippen LogP contribution in [0.3, 0.4) is 0 Å². The Balaban J connectivity index is 2.56. The molecule has 0 saturated heterocycles. The number of anilines is 1. The van der Waals surface area contributed by atoms with Crippen molar-refractivity contribution in [3.05, 3.63) is 12.4 Å². The van der Waals surface area contributed by atoms with Crippen molar-refractivity contribution in [1.29, 1.82) is 0 Å². The van der Waals surface area contributed by atoms with Crippen LogP contribution in [0.25, 0.3) is 0 Å². The third kappa shape index (κ3) is 3.83. The quantitative estimate of drug-likeness (QED) is 0.764. The molecule has 1 rings (SSSR count). The number of aromatic nitrogens is 2. The van der Waals surface area contributed by atoms with E-state index in [4.69, 9.17) is 9.47 Å². The molecule has 0 saturated carbocycles. The molecule has 2 atom stereocenters. The monoisotopic (exact) mass is 227 g/mol. The molecule has 0 spiro atoms. The van der Waals surface area contributed by atoms with Crippen LogP contribution in [-0.4, -0.2) is 42.5 Å². The van der Waals surface area contributed by atoms with Crippen LogP contribution in [0.1, 0.15) is 13.8 Å². The Bertz CT molecular complexity index is 301. The molecular weight excluding hydrogens is 206 g/mol. The number of methoxy groups -OCH3 is 2. The molecule has 16 heavy (non-hydrogen) atoms. The first kappa shape index (κ1) is 13.0. The first-order valence-corrected chi connectivity index (χ1v) is 5.46. The number of nitrogens with zero attached hydrogens (tertiary/aromatic N) is 2. The van der Waals surface area contributed by atoms with E-state index in [9.17, 15) is 0 Å². The topological polar surface area (TPSA) is 48.3 Å². The Hall–Kier alpha value is -1.07. The van der Waals surface area contributed by atoms with Gasteiger partial charge < -0.3 is 19.4 Å². The fourth-order valence-corrected chi connectivity index (χ4v) is 1.46. The lowest BCUT2D eigenvalue weighted by atomic mass is 10.3. The van der Waals surface area contributed by atoms with Crippen molar-refractivity contribution < 1.29 is 9.47 Å². The van der Waals surface area contributed by atoms with Crippen molar-refractivity contribution in [2.75, 3.05) is 26.1 Å². The number of hydrogen-bond acceptors (Lipinski definition) is 4. The van der Waals surface area contributed by atoms with Gasteiger partial charge in [0.25, 0.3) is 0 Å². The van der Waals surface area contributed by atoms with E-state index in [0.29, 0.717) is 6.61 Å². The fraction of sp³-hybridized carbons (Fsp3) is 0.727. The van der Waals surface area contributed by atoms with Crippen LogP contribution in [0.15, 0.2) is 12.4 Å². The molecule has 0 radical (unpaired) electrons. The van der Waals surface area contributed by atoms with Gasteiger partial charge in [-0.2, -0.15) is 0 Å². The molecular formula is C11H21N3O2. The molecule has 0 fully saturated rings. The highest BCUT2D eigenvalue weighted by Gasteiger charge is 2.09. The van der Waals surface area contributed by atoms with Gasteiger partial charge in [-0.1, -0.05) is 0 Å². The maximum Gasteiger partial charge on any atom is 0.203 e. The van der Waals surface area contributed by atoms with Gasteiger partial charge in [-0.05, 0) is 13.8 Å². The average molecular weight is 227 g/mol. The standard InChI is InChI=1S/C11H21N3O2/c1-9(8-15-3)13-11-12-5-6-14(11)7-10(2)16-4/h5-6,9-10H,7-8H2,1-4H3,(H,12,13). The van der Waals surface area contributed by atoms with Crippen LogP contribution < -0.4 is 5.32 Å². The summed E-state index contributed by atoms with van der Waals surface area (Å²) in [5.41, 5.74) is 0. The summed E-state index contributed by atoms with van der Waals surface area (Å²) in [6.07, 6.45) is 3.90. The largest absolute Gasteiger partial charge is 0.383 e. The maximum atomic E-state index is 5.23. The number of nitrogens with one attached hydrogen (secondary N) is 1. The molecule has 5 nitrogen and oxygen atoms in total. The summed E-state index contributed by atoms with van der Waals surface area (Å²) < 4.78 is 12.3. The van der Waals surface area contributed by atoms with Crippen molar-refractivity contribution in [1.82, 2.24) is 9.55 Å². The smallest absolute Gasteiger partial charge is 0.203 e. The minimum absolute atomic E-state index is 0.174. The number of hydrogen-bond donors (Lipinski definition) is 1. The molecule has 92 valence electrons. The molecule has 0 amide bonds. The first-order valence-electron chi connectivity index (χ1n) is 5.46. The Labute approximate surface area is 96.8 Å². The molecule has 1 heterocycles. The Morgan fingerprint density at radius 2 is 2.19 bits per heavy atom. The van der Waals surface area contributed by atoms with E-state index in [-0.39, 0.29) is 12.1 Å². The van der Waals surface area contributed by atoms with E-state index in [1.165, 1.54) is 0 Å². The molecule has 0 bridgehead atoms. The number of ether oxygens (including phenoxy) is 2. The summed E-state index contributed by atoms with van der Waals surface area (Å²) in [6.45, 7) is 5.54. The highest BCUT2D eigenvalue weighted by molar-refractivity contribution is 5.27. The van der Waals surface area contributed by atoms with E-state index in [1.54, 1.807) is 20.4 Å². The molecule has 1 N–H and O–H groups in total. The minimum atomic E-state index is 0.174. The molecule has 0 aromatic carbocycles. The summed E-state index contributed by atoms with van der Waals surface area (Å²) in [5.74, 6) is 0.855. The van der Waals surface area contributed by atoms with Gasteiger partial charge in [-0.3, -0.25) is 0 Å². The Morgan fingerprint density at radius 1 is 1.44 bits per heavy atom. The first-order chi connectivity index (χ1) is 7.67. The van der Waals surface area contributed by atoms with Crippen LogP contribution in [-0.2, 0) is 16.0 Å². The van der Waals surface area contributed by atoms with Gasteiger partial charge in [0.1, 0.15) is 0 Å². The van der Waals surface area contributed by atoms with Gasteiger partial charge in [-0.15, -0.1) is 0 Å². The van der Waals surface area contributed by atoms with Crippen LogP contribution in [0, 0.1) is 0 Å². The second-order valence-electron chi connectivity index (χ2n) is 3.95. The van der Waals surface area contributed by atoms with Gasteiger partial charge in [0, 0.05) is 32.7 Å².